The molecular formula is C7H9NOS. The topological polar surface area (TPSA) is 29.4 Å². The molecule has 0 N–H and O–H groups in total. The van der Waals surface area contributed by atoms with Gasteiger partial charge in [0.2, 0.25) is 6.08 Å². The molecule has 0 saturated carbocycles. The fourth-order valence-corrected chi connectivity index (χ4v) is 2.07. The Kier molecular flexibility index (Phi) is 3.27. The monoisotopic (exact) mass is 155 g/mol. The van der Waals surface area contributed by atoms with Gasteiger partial charge in [0.25, 0.3) is 0 Å². The van der Waals surface area contributed by atoms with Crippen molar-refractivity contribution >= 4 is 17.8 Å². The molecule has 0 radical (unpaired) electrons. The van der Waals surface area contributed by atoms with E-state index in [0.717, 1.165) is 0 Å². The molecular weight excluding hydrogens is 146 g/mol. The molecule has 3 heteroatoms. The second-order valence-corrected chi connectivity index (χ2v) is 3.46. The molecule has 1 saturated heterocycles. The highest BCUT2D eigenvalue weighted by molar-refractivity contribution is 8.00. The summed E-state index contributed by atoms with van der Waals surface area (Å²) in [5.74, 6) is 1.24. The minimum absolute atomic E-state index is 0.581. The van der Waals surface area contributed by atoms with E-state index in [0.29, 0.717) is 5.25 Å². The van der Waals surface area contributed by atoms with Crippen molar-refractivity contribution in [3.05, 3.63) is 12.3 Å². The third-order valence-electron chi connectivity index (χ3n) is 1.39. The first kappa shape index (κ1) is 7.58. The highest BCUT2D eigenvalue weighted by Gasteiger charge is 2.10. The molecule has 0 aromatic heterocycles. The van der Waals surface area contributed by atoms with Crippen LogP contribution in [0.2, 0.25) is 0 Å². The SMILES string of the molecule is O=C=N/C=C\C1CCCS1. The zero-order valence-electron chi connectivity index (χ0n) is 5.62. The van der Waals surface area contributed by atoms with Gasteiger partial charge in [-0.2, -0.15) is 16.8 Å². The van der Waals surface area contributed by atoms with Crippen LogP contribution in [0, 0.1) is 0 Å². The number of hydrogen-bond acceptors (Lipinski definition) is 3. The van der Waals surface area contributed by atoms with E-state index < -0.39 is 0 Å². The van der Waals surface area contributed by atoms with Gasteiger partial charge in [0.1, 0.15) is 0 Å². The molecule has 10 heavy (non-hydrogen) atoms. The summed E-state index contributed by atoms with van der Waals surface area (Å²) >= 11 is 1.92. The van der Waals surface area contributed by atoms with Gasteiger partial charge >= 0.3 is 0 Å². The molecule has 0 bridgehead atoms. The number of nitrogens with zero attached hydrogens (tertiary/aromatic N) is 1. The smallest absolute Gasteiger partial charge is 0.211 e. The van der Waals surface area contributed by atoms with Crippen molar-refractivity contribution in [2.24, 2.45) is 4.99 Å². The predicted molar refractivity (Wildman–Crippen MR) is 42.7 cm³/mol. The third-order valence-corrected chi connectivity index (χ3v) is 2.74. The Balaban J connectivity index is 2.29. The van der Waals surface area contributed by atoms with Crippen LogP contribution in [0.15, 0.2) is 17.3 Å². The molecule has 1 fully saturated rings. The molecule has 1 rings (SSSR count). The molecule has 1 aliphatic rings. The maximum atomic E-state index is 9.63. The van der Waals surface area contributed by atoms with Gasteiger partial charge in [0, 0.05) is 11.4 Å². The summed E-state index contributed by atoms with van der Waals surface area (Å²) in [4.78, 5) is 13.0. The van der Waals surface area contributed by atoms with Crippen LogP contribution in [-0.4, -0.2) is 17.1 Å². The zero-order valence-corrected chi connectivity index (χ0v) is 6.43. The first-order valence-corrected chi connectivity index (χ1v) is 4.33. The van der Waals surface area contributed by atoms with Crippen molar-refractivity contribution in [3.63, 3.8) is 0 Å². The Labute approximate surface area is 64.4 Å². The second-order valence-electron chi connectivity index (χ2n) is 2.11. The molecule has 1 aliphatic heterocycles. The molecule has 0 aromatic carbocycles. The number of aliphatic imine (C=N–C) groups is 1. The van der Waals surface area contributed by atoms with E-state index in [1.807, 2.05) is 17.8 Å². The van der Waals surface area contributed by atoms with E-state index in [-0.39, 0.29) is 0 Å². The molecule has 1 atom stereocenters. The lowest BCUT2D eigenvalue weighted by molar-refractivity contribution is 0.565. The average Bonchev–Trinajstić information content (AvgIpc) is 2.41. The Hall–Kier alpha value is -0.530. The summed E-state index contributed by atoms with van der Waals surface area (Å²) in [6, 6.07) is 0. The van der Waals surface area contributed by atoms with Crippen molar-refractivity contribution in [1.29, 1.82) is 0 Å². The van der Waals surface area contributed by atoms with Crippen LogP contribution in [-0.2, 0) is 4.79 Å². The first-order valence-electron chi connectivity index (χ1n) is 3.29. The Bertz CT molecular complexity index is 166. The van der Waals surface area contributed by atoms with Crippen LogP contribution in [0.3, 0.4) is 0 Å². The van der Waals surface area contributed by atoms with E-state index in [1.165, 1.54) is 30.9 Å². The fourth-order valence-electron chi connectivity index (χ4n) is 0.924. The van der Waals surface area contributed by atoms with Gasteiger partial charge in [-0.15, -0.1) is 0 Å². The number of isocyanates is 1. The van der Waals surface area contributed by atoms with Gasteiger partial charge in [-0.05, 0) is 18.6 Å². The minimum Gasteiger partial charge on any atom is -0.211 e. The maximum absolute atomic E-state index is 9.63. The van der Waals surface area contributed by atoms with E-state index in [9.17, 15) is 4.79 Å². The normalized spacial score (nSPS) is 25.0. The van der Waals surface area contributed by atoms with Crippen LogP contribution in [0.5, 0.6) is 0 Å². The molecule has 0 aromatic rings. The van der Waals surface area contributed by atoms with Gasteiger partial charge in [0.05, 0.1) is 0 Å². The zero-order chi connectivity index (χ0) is 7.23. The van der Waals surface area contributed by atoms with E-state index in [2.05, 4.69) is 4.99 Å². The van der Waals surface area contributed by atoms with E-state index >= 15 is 0 Å². The van der Waals surface area contributed by atoms with Crippen LogP contribution in [0.25, 0.3) is 0 Å². The summed E-state index contributed by atoms with van der Waals surface area (Å²) in [5, 5.41) is 0.581. The van der Waals surface area contributed by atoms with Gasteiger partial charge in [0.15, 0.2) is 0 Å². The van der Waals surface area contributed by atoms with Crippen LogP contribution in [0.4, 0.5) is 0 Å². The van der Waals surface area contributed by atoms with Gasteiger partial charge in [-0.3, -0.25) is 0 Å². The number of carbonyl (C=O) groups excluding carboxylic acids is 1. The Morgan fingerprint density at radius 1 is 1.70 bits per heavy atom. The summed E-state index contributed by atoms with van der Waals surface area (Å²) < 4.78 is 0. The molecule has 54 valence electrons. The lowest BCUT2D eigenvalue weighted by Gasteiger charge is -1.95. The molecule has 1 unspecified atom stereocenters. The Morgan fingerprint density at radius 3 is 3.20 bits per heavy atom. The van der Waals surface area contributed by atoms with Gasteiger partial charge < -0.3 is 0 Å². The predicted octanol–water partition coefficient (Wildman–Crippen LogP) is 1.73. The van der Waals surface area contributed by atoms with Gasteiger partial charge in [-0.25, -0.2) is 4.79 Å². The maximum Gasteiger partial charge on any atom is 0.239 e. The highest BCUT2D eigenvalue weighted by atomic mass is 32.2. The van der Waals surface area contributed by atoms with Crippen molar-refractivity contribution in [3.8, 4) is 0 Å². The van der Waals surface area contributed by atoms with Gasteiger partial charge in [-0.1, -0.05) is 6.08 Å². The highest BCUT2D eigenvalue weighted by Crippen LogP contribution is 2.26. The molecule has 0 spiro atoms. The summed E-state index contributed by atoms with van der Waals surface area (Å²) in [7, 11) is 0. The molecule has 2 nitrogen and oxygen atoms in total. The average molecular weight is 155 g/mol. The van der Waals surface area contributed by atoms with Crippen molar-refractivity contribution in [1.82, 2.24) is 0 Å². The largest absolute Gasteiger partial charge is 0.239 e. The van der Waals surface area contributed by atoms with Crippen LogP contribution >= 0.6 is 11.8 Å². The second kappa shape index (κ2) is 4.31. The lowest BCUT2D eigenvalue weighted by Crippen LogP contribution is -1.87. The molecule has 0 amide bonds. The number of rotatable bonds is 2. The summed E-state index contributed by atoms with van der Waals surface area (Å²) in [5.41, 5.74) is 0. The fraction of sp³-hybridized carbons (Fsp3) is 0.571. The van der Waals surface area contributed by atoms with Crippen LogP contribution < -0.4 is 0 Å². The number of hydrogen-bond donors (Lipinski definition) is 0. The van der Waals surface area contributed by atoms with E-state index in [4.69, 9.17) is 0 Å². The minimum atomic E-state index is 0.581. The third kappa shape index (κ3) is 2.38. The number of thioether (sulfide) groups is 1. The molecule has 0 aliphatic carbocycles. The molecule has 1 heterocycles. The van der Waals surface area contributed by atoms with Crippen molar-refractivity contribution < 1.29 is 4.79 Å². The summed E-state index contributed by atoms with van der Waals surface area (Å²) in [6.07, 6.45) is 7.47. The standard InChI is InChI=1S/C7H9NOS/c9-6-8-4-3-7-2-1-5-10-7/h3-4,7H,1-2,5H2/b4-3-. The van der Waals surface area contributed by atoms with E-state index in [1.54, 1.807) is 0 Å². The van der Waals surface area contributed by atoms with Crippen molar-refractivity contribution in [2.45, 2.75) is 18.1 Å². The van der Waals surface area contributed by atoms with Crippen molar-refractivity contribution in [2.75, 3.05) is 5.75 Å². The quantitative estimate of drug-likeness (QED) is 0.449. The Morgan fingerprint density at radius 2 is 2.60 bits per heavy atom. The van der Waals surface area contributed by atoms with Crippen LogP contribution in [0.1, 0.15) is 12.8 Å². The lowest BCUT2D eigenvalue weighted by atomic mass is 10.2. The summed E-state index contributed by atoms with van der Waals surface area (Å²) in [6.45, 7) is 0. The first-order chi connectivity index (χ1) is 4.93.